The molecule has 0 aromatic heterocycles. The molecule has 0 bridgehead atoms. The molecule has 0 fully saturated rings. The van der Waals surface area contributed by atoms with E-state index < -0.39 is 0 Å². The van der Waals surface area contributed by atoms with Gasteiger partial charge in [-0.25, -0.2) is 0 Å². The lowest BCUT2D eigenvalue weighted by atomic mass is 9.82. The lowest BCUT2D eigenvalue weighted by Crippen LogP contribution is -2.28. The summed E-state index contributed by atoms with van der Waals surface area (Å²) in [5.74, 6) is 2.11. The third kappa shape index (κ3) is 3.24. The maximum absolute atomic E-state index is 5.33. The van der Waals surface area contributed by atoms with Gasteiger partial charge in [-0.3, -0.25) is 0 Å². The van der Waals surface area contributed by atoms with E-state index in [4.69, 9.17) is 4.74 Å². The van der Waals surface area contributed by atoms with E-state index in [1.807, 2.05) is 0 Å². The number of rotatable bonds is 4. The second-order valence-corrected chi connectivity index (χ2v) is 4.01. The van der Waals surface area contributed by atoms with Crippen molar-refractivity contribution in [2.45, 2.75) is 40.7 Å². The van der Waals surface area contributed by atoms with Crippen LogP contribution in [0.15, 0.2) is 0 Å². The van der Waals surface area contributed by atoms with E-state index in [0.717, 1.165) is 0 Å². The minimum Gasteiger partial charge on any atom is -0.381 e. The molecule has 0 amide bonds. The molecule has 0 radical (unpaired) electrons. The van der Waals surface area contributed by atoms with E-state index in [1.54, 1.807) is 7.11 Å². The summed E-state index contributed by atoms with van der Waals surface area (Å²) in [7, 11) is 1.79. The third-order valence-electron chi connectivity index (χ3n) is 2.45. The first kappa shape index (κ1) is 11.0. The summed E-state index contributed by atoms with van der Waals surface area (Å²) in [5.41, 5.74) is 0. The van der Waals surface area contributed by atoms with Crippen molar-refractivity contribution in [3.05, 3.63) is 0 Å². The van der Waals surface area contributed by atoms with Gasteiger partial charge in [-0.2, -0.15) is 0 Å². The first-order valence-electron chi connectivity index (χ1n) is 4.53. The van der Waals surface area contributed by atoms with Gasteiger partial charge in [-0.05, 0) is 24.7 Å². The predicted molar refractivity (Wildman–Crippen MR) is 49.6 cm³/mol. The molecule has 1 nitrogen and oxygen atoms in total. The van der Waals surface area contributed by atoms with Crippen LogP contribution < -0.4 is 0 Å². The molecule has 1 atom stereocenters. The van der Waals surface area contributed by atoms with Gasteiger partial charge in [0.15, 0.2) is 0 Å². The van der Waals surface area contributed by atoms with Crippen LogP contribution in [-0.2, 0) is 4.74 Å². The summed E-state index contributed by atoms with van der Waals surface area (Å²) in [5, 5.41) is 0. The number of methoxy groups -OCH3 is 1. The van der Waals surface area contributed by atoms with E-state index in [-0.39, 0.29) is 0 Å². The molecule has 68 valence electrons. The smallest absolute Gasteiger partial charge is 0.0576 e. The predicted octanol–water partition coefficient (Wildman–Crippen LogP) is 2.95. The molecule has 0 aliphatic carbocycles. The minimum absolute atomic E-state index is 0.384. The van der Waals surface area contributed by atoms with Crippen molar-refractivity contribution in [1.29, 1.82) is 0 Å². The summed E-state index contributed by atoms with van der Waals surface area (Å²) in [4.78, 5) is 0. The molecule has 1 unspecified atom stereocenters. The Hall–Kier alpha value is -0.0400. The molecule has 0 N–H and O–H groups in total. The maximum Gasteiger partial charge on any atom is 0.0576 e. The molecule has 0 aromatic carbocycles. The molecule has 0 saturated heterocycles. The summed E-state index contributed by atoms with van der Waals surface area (Å²) in [6.07, 6.45) is 0.384. The van der Waals surface area contributed by atoms with E-state index in [2.05, 4.69) is 34.6 Å². The highest BCUT2D eigenvalue weighted by Gasteiger charge is 2.23. The summed E-state index contributed by atoms with van der Waals surface area (Å²) < 4.78 is 5.33. The molecule has 11 heavy (non-hydrogen) atoms. The molecule has 0 aliphatic rings. The fraction of sp³-hybridized carbons (Fsp3) is 1.00. The molecule has 0 spiro atoms. The van der Waals surface area contributed by atoms with Crippen LogP contribution in [-0.4, -0.2) is 13.2 Å². The van der Waals surface area contributed by atoms with Crippen LogP contribution in [0.5, 0.6) is 0 Å². The highest BCUT2D eigenvalue weighted by atomic mass is 16.5. The van der Waals surface area contributed by atoms with E-state index in [1.165, 1.54) is 0 Å². The van der Waals surface area contributed by atoms with Crippen molar-refractivity contribution < 1.29 is 4.74 Å². The highest BCUT2D eigenvalue weighted by molar-refractivity contribution is 4.72. The highest BCUT2D eigenvalue weighted by Crippen LogP contribution is 2.25. The molecule has 0 heterocycles. The molecule has 0 aliphatic heterocycles. The molecular weight excluding hydrogens is 136 g/mol. The SMILES string of the molecule is COC(C)C(C(C)C)C(C)C. The summed E-state index contributed by atoms with van der Waals surface area (Å²) in [6.45, 7) is 11.2. The van der Waals surface area contributed by atoms with Crippen molar-refractivity contribution in [1.82, 2.24) is 0 Å². The number of ether oxygens (including phenoxy) is 1. The van der Waals surface area contributed by atoms with Gasteiger partial charge < -0.3 is 4.74 Å². The van der Waals surface area contributed by atoms with Gasteiger partial charge in [0.05, 0.1) is 6.10 Å². The lowest BCUT2D eigenvalue weighted by molar-refractivity contribution is 0.0256. The van der Waals surface area contributed by atoms with Crippen molar-refractivity contribution in [2.75, 3.05) is 7.11 Å². The van der Waals surface area contributed by atoms with Gasteiger partial charge >= 0.3 is 0 Å². The average molecular weight is 158 g/mol. The van der Waals surface area contributed by atoms with Crippen LogP contribution in [0.25, 0.3) is 0 Å². The second kappa shape index (κ2) is 4.76. The minimum atomic E-state index is 0.384. The quantitative estimate of drug-likeness (QED) is 0.611. The van der Waals surface area contributed by atoms with Gasteiger partial charge in [0, 0.05) is 7.11 Å². The summed E-state index contributed by atoms with van der Waals surface area (Å²) >= 11 is 0. The monoisotopic (exact) mass is 158 g/mol. The molecule has 1 heteroatoms. The van der Waals surface area contributed by atoms with Crippen LogP contribution in [0.4, 0.5) is 0 Å². The van der Waals surface area contributed by atoms with Crippen LogP contribution in [0, 0.1) is 17.8 Å². The van der Waals surface area contributed by atoms with Crippen LogP contribution in [0.3, 0.4) is 0 Å². The van der Waals surface area contributed by atoms with Gasteiger partial charge in [0.2, 0.25) is 0 Å². The third-order valence-corrected chi connectivity index (χ3v) is 2.45. The van der Waals surface area contributed by atoms with Crippen LogP contribution >= 0.6 is 0 Å². The normalized spacial score (nSPS) is 15.0. The topological polar surface area (TPSA) is 9.23 Å². The molecular formula is C10H22O. The standard InChI is InChI=1S/C10H22O/c1-7(2)10(8(3)4)9(5)11-6/h7-10H,1-6H3. The molecule has 0 saturated carbocycles. The van der Waals surface area contributed by atoms with E-state index in [0.29, 0.717) is 23.9 Å². The summed E-state index contributed by atoms with van der Waals surface area (Å²) in [6, 6.07) is 0. The largest absolute Gasteiger partial charge is 0.381 e. The zero-order valence-corrected chi connectivity index (χ0v) is 8.72. The second-order valence-electron chi connectivity index (χ2n) is 4.01. The van der Waals surface area contributed by atoms with Crippen molar-refractivity contribution in [2.24, 2.45) is 17.8 Å². The van der Waals surface area contributed by atoms with E-state index in [9.17, 15) is 0 Å². The maximum atomic E-state index is 5.33. The Morgan fingerprint density at radius 1 is 0.818 bits per heavy atom. The Bertz CT molecular complexity index is 89.0. The Balaban J connectivity index is 4.09. The average Bonchev–Trinajstić information content (AvgIpc) is 1.85. The Morgan fingerprint density at radius 2 is 1.18 bits per heavy atom. The van der Waals surface area contributed by atoms with Crippen molar-refractivity contribution in [3.63, 3.8) is 0 Å². The van der Waals surface area contributed by atoms with Gasteiger partial charge in [0.1, 0.15) is 0 Å². The van der Waals surface area contributed by atoms with Gasteiger partial charge in [-0.15, -0.1) is 0 Å². The van der Waals surface area contributed by atoms with Crippen molar-refractivity contribution in [3.8, 4) is 0 Å². The Labute approximate surface area is 71.1 Å². The van der Waals surface area contributed by atoms with Crippen LogP contribution in [0.1, 0.15) is 34.6 Å². The number of hydrogen-bond donors (Lipinski definition) is 0. The van der Waals surface area contributed by atoms with Gasteiger partial charge in [-0.1, -0.05) is 27.7 Å². The molecule has 0 rings (SSSR count). The number of hydrogen-bond acceptors (Lipinski definition) is 1. The Kier molecular flexibility index (Phi) is 4.74. The van der Waals surface area contributed by atoms with Crippen LogP contribution in [0.2, 0.25) is 0 Å². The fourth-order valence-corrected chi connectivity index (χ4v) is 2.01. The first-order valence-corrected chi connectivity index (χ1v) is 4.53. The lowest BCUT2D eigenvalue weighted by Gasteiger charge is -2.29. The Morgan fingerprint density at radius 3 is 1.27 bits per heavy atom. The zero-order valence-electron chi connectivity index (χ0n) is 8.72. The zero-order chi connectivity index (χ0) is 9.02. The first-order chi connectivity index (χ1) is 5.00. The van der Waals surface area contributed by atoms with Gasteiger partial charge in [0.25, 0.3) is 0 Å². The fourth-order valence-electron chi connectivity index (χ4n) is 2.01. The molecule has 0 aromatic rings. The van der Waals surface area contributed by atoms with Crippen molar-refractivity contribution >= 4 is 0 Å². The van der Waals surface area contributed by atoms with E-state index >= 15 is 0 Å².